The molecule has 0 aromatic heterocycles. The third-order valence-corrected chi connectivity index (χ3v) is 5.46. The molecule has 1 aromatic rings. The lowest BCUT2D eigenvalue weighted by Crippen LogP contribution is -2.32. The minimum atomic E-state index is -0.290. The SMILES string of the molecule is NCC(c1ccccc1Br)C(O)C1CC2CC2C1. The highest BCUT2D eigenvalue weighted by atomic mass is 79.9. The Morgan fingerprint density at radius 3 is 2.50 bits per heavy atom. The smallest absolute Gasteiger partial charge is 0.0649 e. The number of aliphatic hydroxyl groups is 1. The number of rotatable bonds is 4. The Hall–Kier alpha value is -0.380. The van der Waals surface area contributed by atoms with Crippen molar-refractivity contribution in [2.24, 2.45) is 23.5 Å². The summed E-state index contributed by atoms with van der Waals surface area (Å²) < 4.78 is 1.06. The van der Waals surface area contributed by atoms with E-state index >= 15 is 0 Å². The first kappa shape index (κ1) is 12.6. The van der Waals surface area contributed by atoms with E-state index in [4.69, 9.17) is 5.73 Å². The van der Waals surface area contributed by atoms with Crippen molar-refractivity contribution in [3.8, 4) is 0 Å². The molecule has 4 unspecified atom stereocenters. The third kappa shape index (κ3) is 2.24. The van der Waals surface area contributed by atoms with E-state index in [1.165, 1.54) is 19.3 Å². The van der Waals surface area contributed by atoms with Gasteiger partial charge in [0.05, 0.1) is 6.10 Å². The highest BCUT2D eigenvalue weighted by Gasteiger charge is 2.48. The Balaban J connectivity index is 1.77. The minimum Gasteiger partial charge on any atom is -0.392 e. The van der Waals surface area contributed by atoms with Gasteiger partial charge < -0.3 is 10.8 Å². The van der Waals surface area contributed by atoms with Crippen LogP contribution in [0, 0.1) is 17.8 Å². The summed E-state index contributed by atoms with van der Waals surface area (Å²) >= 11 is 3.57. The first-order valence-corrected chi connectivity index (χ1v) is 7.62. The Kier molecular flexibility index (Phi) is 3.48. The molecule has 3 N–H and O–H groups in total. The molecule has 0 aliphatic heterocycles. The van der Waals surface area contributed by atoms with Gasteiger partial charge in [0, 0.05) is 16.9 Å². The van der Waals surface area contributed by atoms with Crippen molar-refractivity contribution in [2.75, 3.05) is 6.54 Å². The summed E-state index contributed by atoms with van der Waals surface area (Å²) in [7, 11) is 0. The van der Waals surface area contributed by atoms with Crippen LogP contribution in [0.2, 0.25) is 0 Å². The number of fused-ring (bicyclic) bond motifs is 1. The topological polar surface area (TPSA) is 46.2 Å². The van der Waals surface area contributed by atoms with Crippen LogP contribution in [-0.4, -0.2) is 17.8 Å². The molecule has 2 fully saturated rings. The number of benzene rings is 1. The van der Waals surface area contributed by atoms with Gasteiger partial charge in [-0.1, -0.05) is 34.1 Å². The summed E-state index contributed by atoms with van der Waals surface area (Å²) in [5.41, 5.74) is 7.05. The normalized spacial score (nSPS) is 32.9. The number of hydrogen-bond donors (Lipinski definition) is 2. The molecule has 3 rings (SSSR count). The van der Waals surface area contributed by atoms with Crippen molar-refractivity contribution in [2.45, 2.75) is 31.3 Å². The second-order valence-corrected chi connectivity index (χ2v) is 6.70. The molecule has 2 nitrogen and oxygen atoms in total. The lowest BCUT2D eigenvalue weighted by Gasteiger charge is -2.28. The molecule has 0 saturated heterocycles. The molecule has 2 aliphatic rings. The summed E-state index contributed by atoms with van der Waals surface area (Å²) in [5.74, 6) is 2.32. The zero-order chi connectivity index (χ0) is 12.7. The average Bonchev–Trinajstić information content (AvgIpc) is 2.99. The highest BCUT2D eigenvalue weighted by molar-refractivity contribution is 9.10. The van der Waals surface area contributed by atoms with Crippen molar-refractivity contribution in [3.63, 3.8) is 0 Å². The fourth-order valence-electron chi connectivity index (χ4n) is 3.60. The van der Waals surface area contributed by atoms with E-state index in [-0.39, 0.29) is 12.0 Å². The molecule has 0 spiro atoms. The van der Waals surface area contributed by atoms with Crippen LogP contribution in [0.5, 0.6) is 0 Å². The molecule has 3 heteroatoms. The molecule has 18 heavy (non-hydrogen) atoms. The average molecular weight is 310 g/mol. The molecule has 2 aliphatic carbocycles. The Labute approximate surface area is 117 Å². The summed E-state index contributed by atoms with van der Waals surface area (Å²) in [5, 5.41) is 10.6. The van der Waals surface area contributed by atoms with E-state index in [2.05, 4.69) is 22.0 Å². The zero-order valence-corrected chi connectivity index (χ0v) is 12.0. The number of aliphatic hydroxyl groups excluding tert-OH is 1. The molecule has 0 bridgehead atoms. The maximum absolute atomic E-state index is 10.6. The first-order chi connectivity index (χ1) is 8.70. The molecule has 1 aromatic carbocycles. The van der Waals surface area contributed by atoms with Crippen LogP contribution in [0.3, 0.4) is 0 Å². The second kappa shape index (κ2) is 4.95. The molecule has 4 atom stereocenters. The summed E-state index contributed by atoms with van der Waals surface area (Å²) in [6.45, 7) is 0.510. The second-order valence-electron chi connectivity index (χ2n) is 5.84. The van der Waals surface area contributed by atoms with Crippen molar-refractivity contribution in [1.82, 2.24) is 0 Å². The van der Waals surface area contributed by atoms with Crippen LogP contribution < -0.4 is 5.73 Å². The summed E-state index contributed by atoms with van der Waals surface area (Å²) in [6, 6.07) is 8.11. The minimum absolute atomic E-state index is 0.0584. The summed E-state index contributed by atoms with van der Waals surface area (Å²) in [6.07, 6.45) is 3.51. The van der Waals surface area contributed by atoms with Crippen molar-refractivity contribution < 1.29 is 5.11 Å². The lowest BCUT2D eigenvalue weighted by molar-refractivity contribution is 0.0788. The zero-order valence-electron chi connectivity index (χ0n) is 10.4. The van der Waals surface area contributed by atoms with Gasteiger partial charge in [-0.15, -0.1) is 0 Å². The maximum Gasteiger partial charge on any atom is 0.0649 e. The largest absolute Gasteiger partial charge is 0.392 e. The van der Waals surface area contributed by atoms with E-state index in [1.54, 1.807) is 0 Å². The molecular weight excluding hydrogens is 290 g/mol. The van der Waals surface area contributed by atoms with Crippen LogP contribution >= 0.6 is 15.9 Å². The monoisotopic (exact) mass is 309 g/mol. The van der Waals surface area contributed by atoms with E-state index < -0.39 is 0 Å². The van der Waals surface area contributed by atoms with Crippen molar-refractivity contribution in [1.29, 1.82) is 0 Å². The van der Waals surface area contributed by atoms with Crippen LogP contribution in [0.1, 0.15) is 30.7 Å². The third-order valence-electron chi connectivity index (χ3n) is 4.73. The van der Waals surface area contributed by atoms with Gasteiger partial charge in [-0.05, 0) is 48.6 Å². The van der Waals surface area contributed by atoms with Crippen molar-refractivity contribution >= 4 is 15.9 Å². The number of nitrogens with two attached hydrogens (primary N) is 1. The summed E-state index contributed by atoms with van der Waals surface area (Å²) in [4.78, 5) is 0. The van der Waals surface area contributed by atoms with Crippen LogP contribution in [0.25, 0.3) is 0 Å². The molecule has 0 heterocycles. The molecular formula is C15H20BrNO. The van der Waals surface area contributed by atoms with Gasteiger partial charge in [-0.2, -0.15) is 0 Å². The Bertz CT molecular complexity index is 426. The van der Waals surface area contributed by atoms with Gasteiger partial charge in [0.1, 0.15) is 0 Å². The van der Waals surface area contributed by atoms with E-state index in [0.29, 0.717) is 12.5 Å². The van der Waals surface area contributed by atoms with E-state index in [1.807, 2.05) is 18.2 Å². The fraction of sp³-hybridized carbons (Fsp3) is 0.600. The quantitative estimate of drug-likeness (QED) is 0.898. The van der Waals surface area contributed by atoms with Gasteiger partial charge in [-0.25, -0.2) is 0 Å². The Morgan fingerprint density at radius 2 is 1.89 bits per heavy atom. The van der Waals surface area contributed by atoms with Gasteiger partial charge in [0.2, 0.25) is 0 Å². The molecule has 2 saturated carbocycles. The predicted molar refractivity (Wildman–Crippen MR) is 76.3 cm³/mol. The number of halogens is 1. The van der Waals surface area contributed by atoms with Gasteiger partial charge in [-0.3, -0.25) is 0 Å². The van der Waals surface area contributed by atoms with Gasteiger partial charge in [0.25, 0.3) is 0 Å². The van der Waals surface area contributed by atoms with Crippen molar-refractivity contribution in [3.05, 3.63) is 34.3 Å². The van der Waals surface area contributed by atoms with Crippen LogP contribution in [0.4, 0.5) is 0 Å². The molecule has 98 valence electrons. The first-order valence-electron chi connectivity index (χ1n) is 6.83. The lowest BCUT2D eigenvalue weighted by atomic mass is 9.83. The standard InChI is InChI=1S/C15H20BrNO/c16-14-4-2-1-3-12(14)13(8-17)15(18)11-6-9-5-10(9)7-11/h1-4,9-11,13,15,18H,5-8,17H2. The number of hydrogen-bond acceptors (Lipinski definition) is 2. The highest BCUT2D eigenvalue weighted by Crippen LogP contribution is 2.56. The van der Waals surface area contributed by atoms with Gasteiger partial charge >= 0.3 is 0 Å². The van der Waals surface area contributed by atoms with Gasteiger partial charge in [0.15, 0.2) is 0 Å². The van der Waals surface area contributed by atoms with E-state index in [9.17, 15) is 5.11 Å². The van der Waals surface area contributed by atoms with E-state index in [0.717, 1.165) is 21.9 Å². The molecule has 0 radical (unpaired) electrons. The Morgan fingerprint density at radius 1 is 1.22 bits per heavy atom. The maximum atomic E-state index is 10.6. The fourth-order valence-corrected chi connectivity index (χ4v) is 4.17. The van der Waals surface area contributed by atoms with Crippen LogP contribution in [-0.2, 0) is 0 Å². The van der Waals surface area contributed by atoms with Crippen LogP contribution in [0.15, 0.2) is 28.7 Å². The predicted octanol–water partition coefficient (Wildman–Crippen LogP) is 2.90. The molecule has 0 amide bonds.